The zero-order chi connectivity index (χ0) is 11.0. The van der Waals surface area contributed by atoms with E-state index in [0.29, 0.717) is 0 Å². The summed E-state index contributed by atoms with van der Waals surface area (Å²) in [5.74, 6) is -5.90. The molecule has 0 aliphatic heterocycles. The van der Waals surface area contributed by atoms with Crippen molar-refractivity contribution in [2.24, 2.45) is 0 Å². The van der Waals surface area contributed by atoms with Crippen LogP contribution in [0.4, 0.5) is 0 Å². The maximum Gasteiger partial charge on any atom is 0.343 e. The van der Waals surface area contributed by atoms with Crippen molar-refractivity contribution in [1.82, 2.24) is 0 Å². The van der Waals surface area contributed by atoms with E-state index >= 15 is 0 Å². The minimum absolute atomic E-state index is 0.738. The second-order valence-corrected chi connectivity index (χ2v) is 2.77. The van der Waals surface area contributed by atoms with Gasteiger partial charge in [0.05, 0.1) is 0 Å². The molecule has 0 aliphatic carbocycles. The zero-order valence-corrected chi connectivity index (χ0v) is 7.28. The van der Waals surface area contributed by atoms with Crippen LogP contribution in [0.3, 0.4) is 0 Å². The van der Waals surface area contributed by atoms with Crippen LogP contribution < -0.4 is 0 Å². The fraction of sp³-hybridized carbons (Fsp3) is 0. The van der Waals surface area contributed by atoms with Crippen LogP contribution in [0.5, 0.6) is 23.0 Å². The summed E-state index contributed by atoms with van der Waals surface area (Å²) in [6, 6.07) is 0. The maximum absolute atomic E-state index is 10.5. The summed E-state index contributed by atoms with van der Waals surface area (Å²) in [5.41, 5.74) is -0.967. The van der Waals surface area contributed by atoms with Gasteiger partial charge >= 0.3 is 5.97 Å². The molecule has 1 aromatic carbocycles. The highest BCUT2D eigenvalue weighted by Gasteiger charge is 2.26. The summed E-state index contributed by atoms with van der Waals surface area (Å²) in [4.78, 5) is 10.5. The predicted molar refractivity (Wildman–Crippen MR) is 45.1 cm³/mol. The lowest BCUT2D eigenvalue weighted by atomic mass is 10.1. The van der Waals surface area contributed by atoms with Gasteiger partial charge in [-0.1, -0.05) is 11.6 Å². The van der Waals surface area contributed by atoms with E-state index in [4.69, 9.17) is 37.1 Å². The Balaban J connectivity index is 3.68. The Hall–Kier alpha value is -1.82. The van der Waals surface area contributed by atoms with E-state index in [1.807, 2.05) is 0 Å². The first-order valence-electron chi connectivity index (χ1n) is 3.26. The topological polar surface area (TPSA) is 118 Å². The van der Waals surface area contributed by atoms with Crippen LogP contribution in [-0.2, 0) is 0 Å². The smallest absolute Gasteiger partial charge is 0.343 e. The van der Waals surface area contributed by atoms with E-state index in [9.17, 15) is 4.79 Å². The van der Waals surface area contributed by atoms with Gasteiger partial charge in [0.2, 0.25) is 5.75 Å². The summed E-state index contributed by atoms with van der Waals surface area (Å²) in [6.45, 7) is 0. The number of phenols is 4. The van der Waals surface area contributed by atoms with E-state index in [-0.39, 0.29) is 0 Å². The van der Waals surface area contributed by atoms with Crippen LogP contribution in [0.25, 0.3) is 0 Å². The highest BCUT2D eigenvalue weighted by atomic mass is 35.5. The summed E-state index contributed by atoms with van der Waals surface area (Å²) < 4.78 is 0. The predicted octanol–water partition coefficient (Wildman–Crippen LogP) is 0.861. The highest BCUT2D eigenvalue weighted by molar-refractivity contribution is 6.34. The van der Waals surface area contributed by atoms with Gasteiger partial charge < -0.3 is 25.5 Å². The summed E-state index contributed by atoms with van der Waals surface area (Å²) in [7, 11) is 0. The third-order valence-electron chi connectivity index (χ3n) is 1.55. The van der Waals surface area contributed by atoms with Crippen molar-refractivity contribution in [2.45, 2.75) is 0 Å². The molecule has 76 valence electrons. The largest absolute Gasteiger partial charge is 0.505 e. The number of hydrogen-bond donors (Lipinski definition) is 5. The molecule has 0 radical (unpaired) electrons. The van der Waals surface area contributed by atoms with Gasteiger partial charge in [0.25, 0.3) is 0 Å². The Bertz CT molecular complexity index is 384. The summed E-state index contributed by atoms with van der Waals surface area (Å²) in [6.07, 6.45) is 0. The van der Waals surface area contributed by atoms with Crippen molar-refractivity contribution >= 4 is 17.6 Å². The van der Waals surface area contributed by atoms with Crippen LogP contribution in [0.2, 0.25) is 5.02 Å². The lowest BCUT2D eigenvalue weighted by Crippen LogP contribution is -1.98. The van der Waals surface area contributed by atoms with Gasteiger partial charge in [0.1, 0.15) is 10.6 Å². The SMILES string of the molecule is O=C(O)c1c(O)c(O)c(O)c(Cl)c1O. The maximum atomic E-state index is 10.5. The molecule has 0 saturated carbocycles. The van der Waals surface area contributed by atoms with Crippen LogP contribution in [0, 0.1) is 0 Å². The van der Waals surface area contributed by atoms with Gasteiger partial charge in [0, 0.05) is 0 Å². The third-order valence-corrected chi connectivity index (χ3v) is 1.91. The molecule has 0 aliphatic rings. The van der Waals surface area contributed by atoms with Gasteiger partial charge in [-0.15, -0.1) is 0 Å². The van der Waals surface area contributed by atoms with E-state index in [1.54, 1.807) is 0 Å². The fourth-order valence-electron chi connectivity index (χ4n) is 0.871. The molecule has 0 spiro atoms. The number of aromatic hydroxyl groups is 4. The Morgan fingerprint density at radius 2 is 1.43 bits per heavy atom. The monoisotopic (exact) mass is 220 g/mol. The molecule has 0 atom stereocenters. The minimum atomic E-state index is -1.68. The van der Waals surface area contributed by atoms with Crippen molar-refractivity contribution in [3.8, 4) is 23.0 Å². The Labute approximate surface area is 82.2 Å². The van der Waals surface area contributed by atoms with E-state index in [0.717, 1.165) is 0 Å². The number of aromatic carboxylic acids is 1. The van der Waals surface area contributed by atoms with Crippen LogP contribution in [-0.4, -0.2) is 31.5 Å². The summed E-state index contributed by atoms with van der Waals surface area (Å²) in [5, 5.41) is 43.9. The van der Waals surface area contributed by atoms with Crippen LogP contribution >= 0.6 is 11.6 Å². The lowest BCUT2D eigenvalue weighted by Gasteiger charge is -2.08. The molecular formula is C7H5ClO6. The quantitative estimate of drug-likeness (QED) is 0.354. The molecule has 0 aromatic heterocycles. The zero-order valence-electron chi connectivity index (χ0n) is 6.52. The average Bonchev–Trinajstić information content (AvgIpc) is 2.11. The molecule has 0 amide bonds. The molecule has 0 bridgehead atoms. The number of carboxylic acid groups (broad SMARTS) is 1. The number of phenolic OH excluding ortho intramolecular Hbond substituents is 2. The molecule has 0 unspecified atom stereocenters. The molecule has 0 fully saturated rings. The average molecular weight is 221 g/mol. The number of halogens is 1. The lowest BCUT2D eigenvalue weighted by molar-refractivity contribution is 0.0689. The number of carboxylic acids is 1. The first kappa shape index (κ1) is 10.3. The number of rotatable bonds is 1. The van der Waals surface area contributed by atoms with E-state index < -0.39 is 39.6 Å². The molecule has 0 saturated heterocycles. The first-order chi connectivity index (χ1) is 6.37. The van der Waals surface area contributed by atoms with Crippen molar-refractivity contribution < 1.29 is 30.3 Å². The number of hydrogen-bond acceptors (Lipinski definition) is 5. The van der Waals surface area contributed by atoms with Gasteiger partial charge in [-0.25, -0.2) is 4.79 Å². The summed E-state index contributed by atoms with van der Waals surface area (Å²) >= 11 is 5.27. The molecular weight excluding hydrogens is 216 g/mol. The Morgan fingerprint density at radius 1 is 0.929 bits per heavy atom. The molecule has 1 rings (SSSR count). The highest BCUT2D eigenvalue weighted by Crippen LogP contribution is 2.48. The van der Waals surface area contributed by atoms with Crippen molar-refractivity contribution in [2.75, 3.05) is 0 Å². The molecule has 0 heterocycles. The molecule has 1 aromatic rings. The normalized spacial score (nSPS) is 10.1. The molecule has 6 nitrogen and oxygen atoms in total. The van der Waals surface area contributed by atoms with Crippen molar-refractivity contribution in [3.63, 3.8) is 0 Å². The number of benzene rings is 1. The third kappa shape index (κ3) is 1.25. The minimum Gasteiger partial charge on any atom is -0.505 e. The number of carbonyl (C=O) groups is 1. The van der Waals surface area contributed by atoms with Gasteiger partial charge in [-0.3, -0.25) is 0 Å². The van der Waals surface area contributed by atoms with E-state index in [1.165, 1.54) is 0 Å². The first-order valence-corrected chi connectivity index (χ1v) is 3.64. The van der Waals surface area contributed by atoms with Gasteiger partial charge in [-0.05, 0) is 0 Å². The second kappa shape index (κ2) is 3.15. The van der Waals surface area contributed by atoms with Gasteiger partial charge in [0.15, 0.2) is 17.2 Å². The second-order valence-electron chi connectivity index (χ2n) is 2.39. The standard InChI is InChI=1S/C7H5ClO6/c8-2-3(9)1(7(13)14)4(10)6(12)5(2)11/h9-12H,(H,13,14). The van der Waals surface area contributed by atoms with Crippen molar-refractivity contribution in [1.29, 1.82) is 0 Å². The Kier molecular flexibility index (Phi) is 2.31. The molecule has 7 heteroatoms. The van der Waals surface area contributed by atoms with Crippen LogP contribution in [0.1, 0.15) is 10.4 Å². The fourth-order valence-corrected chi connectivity index (χ4v) is 1.06. The van der Waals surface area contributed by atoms with Crippen molar-refractivity contribution in [3.05, 3.63) is 10.6 Å². The molecule has 14 heavy (non-hydrogen) atoms. The van der Waals surface area contributed by atoms with Crippen LogP contribution in [0.15, 0.2) is 0 Å². The van der Waals surface area contributed by atoms with E-state index in [2.05, 4.69) is 0 Å². The van der Waals surface area contributed by atoms with Gasteiger partial charge in [-0.2, -0.15) is 0 Å². The molecule has 5 N–H and O–H groups in total. The Morgan fingerprint density at radius 3 is 1.86 bits per heavy atom.